The van der Waals surface area contributed by atoms with Crippen molar-refractivity contribution in [2.75, 3.05) is 19.0 Å². The lowest BCUT2D eigenvalue weighted by Crippen LogP contribution is -2.56. The maximum absolute atomic E-state index is 9.51. The number of nitrogens with one attached hydrogen (secondary N) is 1. The number of hydrogen-bond donors (Lipinski definition) is 2. The largest absolute Gasteiger partial charge is 0.505 e. The maximum atomic E-state index is 9.51. The molecule has 0 aromatic heterocycles. The third-order valence-electron chi connectivity index (χ3n) is 3.27. The molecule has 0 saturated heterocycles. The van der Waals surface area contributed by atoms with Gasteiger partial charge in [0.15, 0.2) is 5.75 Å². The molecule has 1 aliphatic rings. The zero-order chi connectivity index (χ0) is 14.0. The number of benzene rings is 1. The standard InChI is InChI=1S/C13H17Cl2NO3/c1-3-19-11-6-10(13(11)18-2)16-7-4-8(14)12(17)9(15)5-7/h4-5,10-11,13,16-17H,3,6H2,1-2H3. The molecule has 0 radical (unpaired) electrons. The Bertz CT molecular complexity index is 433. The number of phenols is 1. The van der Waals surface area contributed by atoms with Crippen LogP contribution < -0.4 is 5.32 Å². The molecule has 1 aromatic rings. The van der Waals surface area contributed by atoms with Crippen molar-refractivity contribution < 1.29 is 14.6 Å². The number of methoxy groups -OCH3 is 1. The van der Waals surface area contributed by atoms with Crippen LogP contribution in [0.3, 0.4) is 0 Å². The van der Waals surface area contributed by atoms with Gasteiger partial charge in [-0.25, -0.2) is 0 Å². The van der Waals surface area contributed by atoms with E-state index in [9.17, 15) is 5.11 Å². The van der Waals surface area contributed by atoms with E-state index < -0.39 is 0 Å². The first kappa shape index (κ1) is 14.7. The maximum Gasteiger partial charge on any atom is 0.152 e. The highest BCUT2D eigenvalue weighted by molar-refractivity contribution is 6.37. The van der Waals surface area contributed by atoms with Crippen LogP contribution >= 0.6 is 23.2 Å². The summed E-state index contributed by atoms with van der Waals surface area (Å²) in [4.78, 5) is 0. The molecule has 0 aliphatic heterocycles. The van der Waals surface area contributed by atoms with Crippen molar-refractivity contribution >= 4 is 28.9 Å². The summed E-state index contributed by atoms with van der Waals surface area (Å²) in [6, 6.07) is 3.44. The van der Waals surface area contributed by atoms with Gasteiger partial charge in [0.2, 0.25) is 0 Å². The quantitative estimate of drug-likeness (QED) is 0.820. The highest BCUT2D eigenvalue weighted by Crippen LogP contribution is 2.36. The number of aromatic hydroxyl groups is 1. The molecule has 2 rings (SSSR count). The SMILES string of the molecule is CCOC1CC(Nc2cc(Cl)c(O)c(Cl)c2)C1OC. The lowest BCUT2D eigenvalue weighted by atomic mass is 9.85. The number of anilines is 1. The third-order valence-corrected chi connectivity index (χ3v) is 3.85. The summed E-state index contributed by atoms with van der Waals surface area (Å²) >= 11 is 11.8. The summed E-state index contributed by atoms with van der Waals surface area (Å²) in [6.07, 6.45) is 0.990. The van der Waals surface area contributed by atoms with E-state index >= 15 is 0 Å². The van der Waals surface area contributed by atoms with Crippen LogP contribution in [0.2, 0.25) is 10.0 Å². The van der Waals surface area contributed by atoms with Crippen molar-refractivity contribution in [1.29, 1.82) is 0 Å². The lowest BCUT2D eigenvalue weighted by Gasteiger charge is -2.43. The Morgan fingerprint density at radius 2 is 2.00 bits per heavy atom. The van der Waals surface area contributed by atoms with Gasteiger partial charge in [0.25, 0.3) is 0 Å². The number of ether oxygens (including phenoxy) is 2. The molecule has 1 fully saturated rings. The van der Waals surface area contributed by atoms with Crippen LogP contribution in [0.5, 0.6) is 5.75 Å². The topological polar surface area (TPSA) is 50.7 Å². The van der Waals surface area contributed by atoms with Crippen molar-refractivity contribution in [3.05, 3.63) is 22.2 Å². The number of halogens is 2. The Morgan fingerprint density at radius 3 is 2.53 bits per heavy atom. The average Bonchev–Trinajstić information content (AvgIpc) is 2.35. The van der Waals surface area contributed by atoms with Gasteiger partial charge in [0.1, 0.15) is 6.10 Å². The predicted octanol–water partition coefficient (Wildman–Crippen LogP) is 3.30. The summed E-state index contributed by atoms with van der Waals surface area (Å²) in [7, 11) is 1.67. The molecule has 19 heavy (non-hydrogen) atoms. The second-order valence-electron chi connectivity index (χ2n) is 4.47. The molecule has 1 aromatic carbocycles. The normalized spacial score (nSPS) is 26.0. The minimum absolute atomic E-state index is 0.00584. The van der Waals surface area contributed by atoms with E-state index in [1.54, 1.807) is 19.2 Å². The number of phenolic OH excluding ortho intramolecular Hbond substituents is 1. The highest BCUT2D eigenvalue weighted by Gasteiger charge is 2.42. The molecule has 0 amide bonds. The van der Waals surface area contributed by atoms with Gasteiger partial charge in [0.05, 0.1) is 22.2 Å². The molecule has 1 saturated carbocycles. The summed E-state index contributed by atoms with van der Waals surface area (Å²) in [5, 5.41) is 13.3. The fourth-order valence-corrected chi connectivity index (χ4v) is 2.77. The van der Waals surface area contributed by atoms with E-state index in [0.717, 1.165) is 12.1 Å². The van der Waals surface area contributed by atoms with Crippen LogP contribution in [-0.2, 0) is 9.47 Å². The fourth-order valence-electron chi connectivity index (χ4n) is 2.28. The molecule has 2 N–H and O–H groups in total. The van der Waals surface area contributed by atoms with Crippen LogP contribution in [0.4, 0.5) is 5.69 Å². The van der Waals surface area contributed by atoms with E-state index in [-0.39, 0.29) is 34.0 Å². The molecule has 106 valence electrons. The van der Waals surface area contributed by atoms with Crippen molar-refractivity contribution in [1.82, 2.24) is 0 Å². The highest BCUT2D eigenvalue weighted by atomic mass is 35.5. The molecule has 0 heterocycles. The van der Waals surface area contributed by atoms with Crippen LogP contribution in [0.1, 0.15) is 13.3 Å². The van der Waals surface area contributed by atoms with E-state index in [1.165, 1.54) is 0 Å². The Balaban J connectivity index is 2.02. The van der Waals surface area contributed by atoms with Gasteiger partial charge in [-0.1, -0.05) is 23.2 Å². The molecule has 0 bridgehead atoms. The molecule has 4 nitrogen and oxygen atoms in total. The van der Waals surface area contributed by atoms with Gasteiger partial charge in [-0.2, -0.15) is 0 Å². The second kappa shape index (κ2) is 6.18. The number of hydrogen-bond acceptors (Lipinski definition) is 4. The molecular formula is C13H17Cl2NO3. The van der Waals surface area contributed by atoms with E-state index in [0.29, 0.717) is 6.61 Å². The van der Waals surface area contributed by atoms with Crippen LogP contribution in [-0.4, -0.2) is 37.1 Å². The van der Waals surface area contributed by atoms with Crippen molar-refractivity contribution in [3.8, 4) is 5.75 Å². The Hall–Kier alpha value is -0.680. The van der Waals surface area contributed by atoms with Gasteiger partial charge in [-0.05, 0) is 25.5 Å². The van der Waals surface area contributed by atoms with E-state index in [2.05, 4.69) is 5.32 Å². The summed E-state index contributed by atoms with van der Waals surface area (Å²) in [6.45, 7) is 2.64. The first-order valence-electron chi connectivity index (χ1n) is 6.15. The molecule has 1 aliphatic carbocycles. The Labute approximate surface area is 122 Å². The fraction of sp³-hybridized carbons (Fsp3) is 0.538. The van der Waals surface area contributed by atoms with Gasteiger partial charge in [0, 0.05) is 19.4 Å². The molecule has 6 heteroatoms. The summed E-state index contributed by atoms with van der Waals surface area (Å²) < 4.78 is 11.0. The van der Waals surface area contributed by atoms with Gasteiger partial charge < -0.3 is 19.9 Å². The predicted molar refractivity (Wildman–Crippen MR) is 76.4 cm³/mol. The van der Waals surface area contributed by atoms with Gasteiger partial charge in [-0.3, -0.25) is 0 Å². The summed E-state index contributed by atoms with van der Waals surface area (Å²) in [5.41, 5.74) is 0.759. The third kappa shape index (κ3) is 3.08. The van der Waals surface area contributed by atoms with Gasteiger partial charge >= 0.3 is 0 Å². The first-order valence-corrected chi connectivity index (χ1v) is 6.91. The minimum Gasteiger partial charge on any atom is -0.505 e. The molecule has 0 spiro atoms. The van der Waals surface area contributed by atoms with Crippen LogP contribution in [0, 0.1) is 0 Å². The van der Waals surface area contributed by atoms with Gasteiger partial charge in [-0.15, -0.1) is 0 Å². The second-order valence-corrected chi connectivity index (χ2v) is 5.28. The number of rotatable bonds is 5. The first-order chi connectivity index (χ1) is 9.06. The van der Waals surface area contributed by atoms with Crippen molar-refractivity contribution in [2.24, 2.45) is 0 Å². The zero-order valence-corrected chi connectivity index (χ0v) is 12.3. The lowest BCUT2D eigenvalue weighted by molar-refractivity contribution is -0.118. The van der Waals surface area contributed by atoms with Crippen LogP contribution in [0.15, 0.2) is 12.1 Å². The molecular weight excluding hydrogens is 289 g/mol. The summed E-state index contributed by atoms with van der Waals surface area (Å²) in [5.74, 6) is -0.0991. The molecule has 3 unspecified atom stereocenters. The monoisotopic (exact) mass is 305 g/mol. The van der Waals surface area contributed by atoms with Crippen LogP contribution in [0.25, 0.3) is 0 Å². The van der Waals surface area contributed by atoms with E-state index in [1.807, 2.05) is 6.92 Å². The average molecular weight is 306 g/mol. The van der Waals surface area contributed by atoms with Crippen molar-refractivity contribution in [2.45, 2.75) is 31.6 Å². The molecule has 3 atom stereocenters. The Morgan fingerprint density at radius 1 is 1.37 bits per heavy atom. The Kier molecular flexibility index (Phi) is 4.79. The minimum atomic E-state index is -0.0991. The van der Waals surface area contributed by atoms with E-state index in [4.69, 9.17) is 32.7 Å². The zero-order valence-electron chi connectivity index (χ0n) is 10.8. The van der Waals surface area contributed by atoms with Crippen molar-refractivity contribution in [3.63, 3.8) is 0 Å². The smallest absolute Gasteiger partial charge is 0.152 e.